The Hall–Kier alpha value is -4.14. The fourth-order valence-electron chi connectivity index (χ4n) is 6.72. The molecule has 42 heavy (non-hydrogen) atoms. The summed E-state index contributed by atoms with van der Waals surface area (Å²) in [5.74, 6) is -0.897. The molecule has 3 aromatic rings. The summed E-state index contributed by atoms with van der Waals surface area (Å²) in [6, 6.07) is 25.8. The largest absolute Gasteiger partial charge is 0.507 e. The van der Waals surface area contributed by atoms with Gasteiger partial charge in [0.05, 0.1) is 23.6 Å². The van der Waals surface area contributed by atoms with Crippen molar-refractivity contribution < 1.29 is 29.1 Å². The van der Waals surface area contributed by atoms with E-state index in [4.69, 9.17) is 9.39 Å². The Balaban J connectivity index is 1.32. The average Bonchev–Trinajstić information content (AvgIpc) is 3.25. The summed E-state index contributed by atoms with van der Waals surface area (Å²) in [4.78, 5) is 29.0. The molecule has 2 heterocycles. The zero-order chi connectivity index (χ0) is 29.2. The van der Waals surface area contributed by atoms with Crippen molar-refractivity contribution in [3.8, 4) is 11.5 Å². The van der Waals surface area contributed by atoms with Crippen LogP contribution in [0.4, 0.5) is 5.69 Å². The standard InChI is InChI=1S/C34H34BNO6/c1-22(18-23-10-8-9-15-29(23)37)16-17-30-31-24(21-41-26-13-6-3-7-14-26)19-27-32(28(31)20-35(40)42-30)34(39)36(33(27)38)25-11-4-2-5-12-25/h2-15,18,27-28,30,32,37,40H,16-17,19-21H2,1H3/b22-18+/t27-,28+,30-,32-/m1/s1. The molecule has 3 aliphatic rings. The Kier molecular flexibility index (Phi) is 8.00. The third kappa shape index (κ3) is 5.52. The summed E-state index contributed by atoms with van der Waals surface area (Å²) >= 11 is 0. The van der Waals surface area contributed by atoms with Gasteiger partial charge in [0.25, 0.3) is 0 Å². The van der Waals surface area contributed by atoms with Gasteiger partial charge in [-0.15, -0.1) is 0 Å². The van der Waals surface area contributed by atoms with Crippen LogP contribution >= 0.6 is 0 Å². The van der Waals surface area contributed by atoms with Crippen molar-refractivity contribution in [2.75, 3.05) is 11.5 Å². The minimum atomic E-state index is -1.05. The van der Waals surface area contributed by atoms with E-state index in [0.717, 1.165) is 28.0 Å². The monoisotopic (exact) mass is 563 g/mol. The molecule has 2 saturated heterocycles. The predicted molar refractivity (Wildman–Crippen MR) is 162 cm³/mol. The number of hydrogen-bond acceptors (Lipinski definition) is 6. The van der Waals surface area contributed by atoms with Gasteiger partial charge in [0.15, 0.2) is 0 Å². The van der Waals surface area contributed by atoms with Crippen molar-refractivity contribution in [2.45, 2.75) is 38.6 Å². The van der Waals surface area contributed by atoms with Crippen molar-refractivity contribution in [1.29, 1.82) is 0 Å². The number of rotatable bonds is 8. The normalized spacial score (nSPS) is 24.1. The number of ether oxygens (including phenoxy) is 1. The number of carbonyl (C=O) groups is 2. The second kappa shape index (κ2) is 12.0. The third-order valence-corrected chi connectivity index (χ3v) is 8.62. The van der Waals surface area contributed by atoms with Gasteiger partial charge in [0, 0.05) is 5.56 Å². The molecule has 7 nitrogen and oxygen atoms in total. The van der Waals surface area contributed by atoms with E-state index >= 15 is 0 Å². The molecule has 2 amide bonds. The number of hydrogen-bond donors (Lipinski definition) is 2. The zero-order valence-electron chi connectivity index (χ0n) is 23.6. The second-order valence-electron chi connectivity index (χ2n) is 11.4. The Labute approximate surface area is 246 Å². The van der Waals surface area contributed by atoms with Crippen LogP contribution in [0.3, 0.4) is 0 Å². The molecule has 0 saturated carbocycles. The highest BCUT2D eigenvalue weighted by atomic mass is 16.5. The van der Waals surface area contributed by atoms with E-state index < -0.39 is 25.1 Å². The minimum absolute atomic E-state index is 0.202. The van der Waals surface area contributed by atoms with E-state index in [9.17, 15) is 19.7 Å². The number of phenols is 1. The van der Waals surface area contributed by atoms with Gasteiger partial charge in [-0.2, -0.15) is 0 Å². The fraction of sp³-hybridized carbons (Fsp3) is 0.294. The number of carbonyl (C=O) groups excluding carboxylic acids is 2. The summed E-state index contributed by atoms with van der Waals surface area (Å²) in [6.07, 6.45) is 3.40. The van der Waals surface area contributed by atoms with Gasteiger partial charge < -0.3 is 19.5 Å². The van der Waals surface area contributed by atoms with Gasteiger partial charge in [-0.3, -0.25) is 14.5 Å². The minimum Gasteiger partial charge on any atom is -0.507 e. The maximum atomic E-state index is 13.9. The van der Waals surface area contributed by atoms with Crippen molar-refractivity contribution in [1.82, 2.24) is 0 Å². The number of benzene rings is 3. The molecular weight excluding hydrogens is 529 g/mol. The average molecular weight is 563 g/mol. The number of phenolic OH excluding ortho intramolecular Hbond substituents is 1. The Morgan fingerprint density at radius 1 is 0.976 bits per heavy atom. The first-order valence-corrected chi connectivity index (χ1v) is 14.5. The lowest BCUT2D eigenvalue weighted by Gasteiger charge is -2.43. The van der Waals surface area contributed by atoms with Gasteiger partial charge >= 0.3 is 7.12 Å². The molecule has 0 spiro atoms. The summed E-state index contributed by atoms with van der Waals surface area (Å²) in [5.41, 5.74) is 4.30. The quantitative estimate of drug-likeness (QED) is 0.209. The Morgan fingerprint density at radius 2 is 1.67 bits per heavy atom. The lowest BCUT2D eigenvalue weighted by molar-refractivity contribution is -0.122. The van der Waals surface area contributed by atoms with Crippen LogP contribution in [-0.2, 0) is 14.2 Å². The van der Waals surface area contributed by atoms with Gasteiger partial charge in [-0.25, -0.2) is 0 Å². The summed E-state index contributed by atoms with van der Waals surface area (Å²) in [7, 11) is -1.05. The van der Waals surface area contributed by atoms with Crippen LogP contribution in [-0.4, -0.2) is 41.8 Å². The highest BCUT2D eigenvalue weighted by Crippen LogP contribution is 2.51. The van der Waals surface area contributed by atoms with Crippen molar-refractivity contribution in [3.05, 3.63) is 107 Å². The predicted octanol–water partition coefficient (Wildman–Crippen LogP) is 5.66. The second-order valence-corrected chi connectivity index (χ2v) is 11.4. The van der Waals surface area contributed by atoms with Crippen LogP contribution in [0.5, 0.6) is 11.5 Å². The molecule has 0 aromatic heterocycles. The van der Waals surface area contributed by atoms with E-state index in [1.807, 2.05) is 73.7 Å². The first-order valence-electron chi connectivity index (χ1n) is 14.5. The molecule has 3 aromatic carbocycles. The molecule has 2 fully saturated rings. The van der Waals surface area contributed by atoms with Crippen molar-refractivity contribution in [3.63, 3.8) is 0 Å². The summed E-state index contributed by atoms with van der Waals surface area (Å²) in [5, 5.41) is 21.1. The maximum absolute atomic E-state index is 13.9. The molecular formula is C34H34BNO6. The van der Waals surface area contributed by atoms with Crippen molar-refractivity contribution in [2.24, 2.45) is 17.8 Å². The van der Waals surface area contributed by atoms with Crippen LogP contribution in [0.2, 0.25) is 6.32 Å². The van der Waals surface area contributed by atoms with Crippen LogP contribution in [0, 0.1) is 17.8 Å². The Morgan fingerprint density at radius 3 is 2.40 bits per heavy atom. The van der Waals surface area contributed by atoms with Gasteiger partial charge in [0.1, 0.15) is 18.1 Å². The highest BCUT2D eigenvalue weighted by molar-refractivity contribution is 6.43. The molecule has 2 aliphatic heterocycles. The molecule has 6 rings (SSSR count). The molecule has 1 aliphatic carbocycles. The zero-order valence-corrected chi connectivity index (χ0v) is 23.6. The highest BCUT2D eigenvalue weighted by Gasteiger charge is 2.57. The van der Waals surface area contributed by atoms with E-state index in [0.29, 0.717) is 24.9 Å². The van der Waals surface area contributed by atoms with Crippen molar-refractivity contribution >= 4 is 30.7 Å². The number of aromatic hydroxyl groups is 1. The number of anilines is 1. The summed E-state index contributed by atoms with van der Waals surface area (Å²) < 4.78 is 12.3. The lowest BCUT2D eigenvalue weighted by atomic mass is 9.58. The first-order chi connectivity index (χ1) is 20.4. The topological polar surface area (TPSA) is 96.3 Å². The lowest BCUT2D eigenvalue weighted by Crippen LogP contribution is -2.46. The molecule has 2 N–H and O–H groups in total. The molecule has 0 unspecified atom stereocenters. The molecule has 0 radical (unpaired) electrons. The van der Waals surface area contributed by atoms with E-state index in [-0.39, 0.29) is 36.4 Å². The van der Waals surface area contributed by atoms with Crippen LogP contribution in [0.25, 0.3) is 6.08 Å². The third-order valence-electron chi connectivity index (χ3n) is 8.62. The van der Waals surface area contributed by atoms with Gasteiger partial charge in [-0.05, 0) is 79.9 Å². The smallest absolute Gasteiger partial charge is 0.455 e. The number of para-hydroxylation sites is 3. The van der Waals surface area contributed by atoms with Crippen LogP contribution in [0.15, 0.2) is 102 Å². The van der Waals surface area contributed by atoms with Crippen LogP contribution < -0.4 is 9.64 Å². The Bertz CT molecular complexity index is 1520. The van der Waals surface area contributed by atoms with Crippen LogP contribution in [0.1, 0.15) is 31.7 Å². The molecule has 0 bridgehead atoms. The summed E-state index contributed by atoms with van der Waals surface area (Å²) in [6.45, 7) is 2.28. The molecule has 8 heteroatoms. The number of fused-ring (bicyclic) bond motifs is 3. The van der Waals surface area contributed by atoms with Gasteiger partial charge in [-0.1, -0.05) is 66.2 Å². The number of allylic oxidation sites excluding steroid dienone is 1. The van der Waals surface area contributed by atoms with E-state index in [2.05, 4.69) is 0 Å². The fourth-order valence-corrected chi connectivity index (χ4v) is 6.72. The van der Waals surface area contributed by atoms with Gasteiger partial charge in [0.2, 0.25) is 11.8 Å². The number of imide groups is 1. The molecule has 214 valence electrons. The first kappa shape index (κ1) is 28.0. The number of nitrogens with zero attached hydrogens (tertiary/aromatic N) is 1. The van der Waals surface area contributed by atoms with E-state index in [1.54, 1.807) is 24.3 Å². The molecule has 4 atom stereocenters. The van der Waals surface area contributed by atoms with E-state index in [1.165, 1.54) is 4.90 Å². The SMILES string of the molecule is C/C(=C\c1ccccc1O)CC[C@H]1OB(O)C[C@H]2C1=C(COc1ccccc1)C[C@H]1C(=O)N(c3ccccc3)C(=O)[C@H]12. The maximum Gasteiger partial charge on any atom is 0.455 e. The number of amides is 2.